The number of fused-ring (bicyclic) bond motifs is 2. The summed E-state index contributed by atoms with van der Waals surface area (Å²) in [7, 11) is 1.49. The van der Waals surface area contributed by atoms with Crippen LogP contribution in [0.25, 0.3) is 33.4 Å². The van der Waals surface area contributed by atoms with Crippen LogP contribution < -0.4 is 11.1 Å². The number of alkyl halides is 1. The van der Waals surface area contributed by atoms with E-state index in [1.807, 2.05) is 29.1 Å². The molecule has 10 nitrogen and oxygen atoms in total. The van der Waals surface area contributed by atoms with Crippen LogP contribution in [0, 0.1) is 0 Å². The summed E-state index contributed by atoms with van der Waals surface area (Å²) in [6.45, 7) is 2.10. The molecule has 5 rings (SSSR count). The van der Waals surface area contributed by atoms with Crippen molar-refractivity contribution < 1.29 is 14.0 Å². The predicted molar refractivity (Wildman–Crippen MR) is 127 cm³/mol. The summed E-state index contributed by atoms with van der Waals surface area (Å²) in [6, 6.07) is 7.29. The Labute approximate surface area is 200 Å². The quantitative estimate of drug-likeness (QED) is 0.435. The van der Waals surface area contributed by atoms with Crippen LogP contribution in [0.5, 0.6) is 0 Å². The molecule has 0 unspecified atom stereocenters. The van der Waals surface area contributed by atoms with Gasteiger partial charge in [0, 0.05) is 50.0 Å². The van der Waals surface area contributed by atoms with Gasteiger partial charge in [-0.1, -0.05) is 12.1 Å². The monoisotopic (exact) mass is 474 g/mol. The number of hydrogen-bond donors (Lipinski definition) is 2. The van der Waals surface area contributed by atoms with Gasteiger partial charge in [-0.3, -0.25) is 19.2 Å². The average molecular weight is 475 g/mol. The van der Waals surface area contributed by atoms with Crippen LogP contribution in [0.15, 0.2) is 42.9 Å². The number of nitrogens with zero attached hydrogens (tertiary/aromatic N) is 6. The van der Waals surface area contributed by atoms with Crippen LogP contribution in [-0.2, 0) is 13.1 Å². The van der Waals surface area contributed by atoms with Crippen LogP contribution >= 0.6 is 0 Å². The second-order valence-corrected chi connectivity index (χ2v) is 8.22. The van der Waals surface area contributed by atoms with Gasteiger partial charge in [0.05, 0.1) is 35.1 Å². The highest BCUT2D eigenvalue weighted by molar-refractivity contribution is 6.01. The van der Waals surface area contributed by atoms with Gasteiger partial charge in [0.2, 0.25) is 5.91 Å². The van der Waals surface area contributed by atoms with E-state index in [1.165, 1.54) is 19.3 Å². The van der Waals surface area contributed by atoms with Crippen molar-refractivity contribution in [2.75, 3.05) is 26.8 Å². The van der Waals surface area contributed by atoms with Gasteiger partial charge >= 0.3 is 0 Å². The lowest BCUT2D eigenvalue weighted by Crippen LogP contribution is -2.35. The first-order chi connectivity index (χ1) is 17.0. The standard InChI is InChI=1S/C24H23FN8O2/c1-27-24(35)21-17(8-16(11-28-21)22(26)34)23-29-10-15-3-2-14(9-19(15)31-23)18-12-30-33-7-6-32(5-4-25)13-20(18)33/h2-3,8-12H,4-7,13H2,1H3,(H2,26,34)(H,27,35). The van der Waals surface area contributed by atoms with E-state index >= 15 is 0 Å². The Hall–Kier alpha value is -4.25. The van der Waals surface area contributed by atoms with Crippen molar-refractivity contribution in [3.05, 3.63) is 59.8 Å². The molecule has 35 heavy (non-hydrogen) atoms. The molecule has 1 aliphatic heterocycles. The number of carbonyl (C=O) groups excluding carboxylic acids is 2. The molecule has 0 bridgehead atoms. The van der Waals surface area contributed by atoms with Crippen LogP contribution in [-0.4, -0.2) is 68.3 Å². The number of benzene rings is 1. The molecular formula is C24H23FN8O2. The lowest BCUT2D eigenvalue weighted by molar-refractivity contribution is 0.0955. The van der Waals surface area contributed by atoms with Crippen LogP contribution in [0.2, 0.25) is 0 Å². The summed E-state index contributed by atoms with van der Waals surface area (Å²) in [5.41, 5.74) is 9.51. The molecule has 3 N–H and O–H groups in total. The summed E-state index contributed by atoms with van der Waals surface area (Å²) in [4.78, 5) is 39.4. The Morgan fingerprint density at radius 1 is 1.11 bits per heavy atom. The molecule has 4 heterocycles. The highest BCUT2D eigenvalue weighted by atomic mass is 19.1. The first-order valence-electron chi connectivity index (χ1n) is 11.1. The topological polar surface area (TPSA) is 132 Å². The highest BCUT2D eigenvalue weighted by Gasteiger charge is 2.22. The van der Waals surface area contributed by atoms with Gasteiger partial charge in [-0.2, -0.15) is 5.10 Å². The number of nitrogens with two attached hydrogens (primary N) is 1. The van der Waals surface area contributed by atoms with Crippen LogP contribution in [0.3, 0.4) is 0 Å². The Kier molecular flexibility index (Phi) is 5.91. The molecule has 1 aromatic carbocycles. The van der Waals surface area contributed by atoms with Crippen molar-refractivity contribution >= 4 is 22.7 Å². The largest absolute Gasteiger partial charge is 0.366 e. The predicted octanol–water partition coefficient (Wildman–Crippen LogP) is 1.80. The summed E-state index contributed by atoms with van der Waals surface area (Å²) < 4.78 is 14.8. The van der Waals surface area contributed by atoms with Crippen LogP contribution in [0.4, 0.5) is 4.39 Å². The Balaban J connectivity index is 1.58. The number of carbonyl (C=O) groups is 2. The maximum absolute atomic E-state index is 12.9. The van der Waals surface area contributed by atoms with Gasteiger partial charge in [0.15, 0.2) is 5.82 Å². The summed E-state index contributed by atoms with van der Waals surface area (Å²) in [5, 5.41) is 7.85. The van der Waals surface area contributed by atoms with Gasteiger partial charge in [-0.05, 0) is 17.7 Å². The van der Waals surface area contributed by atoms with E-state index in [0.717, 1.165) is 28.8 Å². The smallest absolute Gasteiger partial charge is 0.270 e. The van der Waals surface area contributed by atoms with Crippen molar-refractivity contribution in [2.45, 2.75) is 13.1 Å². The van der Waals surface area contributed by atoms with E-state index in [-0.39, 0.29) is 23.8 Å². The zero-order chi connectivity index (χ0) is 24.5. The number of amides is 2. The third-order valence-corrected chi connectivity index (χ3v) is 6.10. The zero-order valence-corrected chi connectivity index (χ0v) is 19.0. The van der Waals surface area contributed by atoms with Crippen molar-refractivity contribution in [2.24, 2.45) is 5.73 Å². The molecule has 178 valence electrons. The molecule has 0 saturated heterocycles. The number of pyridine rings is 1. The lowest BCUT2D eigenvalue weighted by Gasteiger charge is -2.27. The molecule has 0 atom stereocenters. The van der Waals surface area contributed by atoms with E-state index in [4.69, 9.17) is 5.73 Å². The first-order valence-corrected chi connectivity index (χ1v) is 11.1. The minimum Gasteiger partial charge on any atom is -0.366 e. The minimum absolute atomic E-state index is 0.0895. The van der Waals surface area contributed by atoms with Gasteiger partial charge in [-0.15, -0.1) is 0 Å². The van der Waals surface area contributed by atoms with Crippen molar-refractivity contribution in [3.8, 4) is 22.5 Å². The summed E-state index contributed by atoms with van der Waals surface area (Å²) >= 11 is 0. The molecule has 0 saturated carbocycles. The number of halogens is 1. The first kappa shape index (κ1) is 22.5. The summed E-state index contributed by atoms with van der Waals surface area (Å²) in [5.74, 6) is -0.856. The van der Waals surface area contributed by atoms with Gasteiger partial charge in [0.1, 0.15) is 12.4 Å². The summed E-state index contributed by atoms with van der Waals surface area (Å²) in [6.07, 6.45) is 4.73. The van der Waals surface area contributed by atoms with E-state index in [2.05, 4.69) is 30.3 Å². The fourth-order valence-corrected chi connectivity index (χ4v) is 4.24. The SMILES string of the molecule is CNC(=O)c1ncc(C(N)=O)cc1-c1ncc2ccc(-c3cnn4c3CN(CCF)CC4)cc2n1. The number of hydrogen-bond acceptors (Lipinski definition) is 7. The van der Waals surface area contributed by atoms with E-state index in [0.29, 0.717) is 30.7 Å². The van der Waals surface area contributed by atoms with E-state index in [1.54, 1.807) is 6.20 Å². The van der Waals surface area contributed by atoms with Crippen molar-refractivity contribution in [1.82, 2.24) is 34.9 Å². The fourth-order valence-electron chi connectivity index (χ4n) is 4.24. The molecule has 0 fully saturated rings. The second-order valence-electron chi connectivity index (χ2n) is 8.22. The third kappa shape index (κ3) is 4.21. The normalized spacial score (nSPS) is 13.5. The third-order valence-electron chi connectivity index (χ3n) is 6.10. The minimum atomic E-state index is -0.668. The van der Waals surface area contributed by atoms with Gasteiger partial charge in [-0.25, -0.2) is 19.3 Å². The van der Waals surface area contributed by atoms with Gasteiger partial charge < -0.3 is 11.1 Å². The molecule has 2 amide bonds. The van der Waals surface area contributed by atoms with E-state index < -0.39 is 11.8 Å². The highest BCUT2D eigenvalue weighted by Crippen LogP contribution is 2.30. The molecule has 4 aromatic rings. The van der Waals surface area contributed by atoms with Gasteiger partial charge in [0.25, 0.3) is 5.91 Å². The number of nitrogens with one attached hydrogen (secondary N) is 1. The zero-order valence-electron chi connectivity index (χ0n) is 19.0. The number of rotatable bonds is 6. The molecule has 0 aliphatic carbocycles. The number of primary amides is 1. The molecule has 11 heteroatoms. The lowest BCUT2D eigenvalue weighted by atomic mass is 10.0. The maximum atomic E-state index is 12.9. The van der Waals surface area contributed by atoms with Crippen molar-refractivity contribution in [1.29, 1.82) is 0 Å². The molecule has 0 radical (unpaired) electrons. The van der Waals surface area contributed by atoms with Crippen LogP contribution in [0.1, 0.15) is 26.5 Å². The fraction of sp³-hybridized carbons (Fsp3) is 0.250. The average Bonchev–Trinajstić information content (AvgIpc) is 3.30. The molecule has 0 spiro atoms. The Morgan fingerprint density at radius 3 is 2.74 bits per heavy atom. The Bertz CT molecular complexity index is 1450. The molecule has 3 aromatic heterocycles. The Morgan fingerprint density at radius 2 is 1.97 bits per heavy atom. The number of aromatic nitrogens is 5. The molecular weight excluding hydrogens is 451 g/mol. The van der Waals surface area contributed by atoms with Crippen molar-refractivity contribution in [3.63, 3.8) is 0 Å². The molecule has 1 aliphatic rings. The second kappa shape index (κ2) is 9.18. The van der Waals surface area contributed by atoms with E-state index in [9.17, 15) is 14.0 Å². The maximum Gasteiger partial charge on any atom is 0.270 e.